The van der Waals surface area contributed by atoms with E-state index in [-0.39, 0.29) is 0 Å². The van der Waals surface area contributed by atoms with E-state index < -0.39 is 5.91 Å². The summed E-state index contributed by atoms with van der Waals surface area (Å²) < 4.78 is 12.3. The molecule has 0 bridgehead atoms. The van der Waals surface area contributed by atoms with Gasteiger partial charge in [-0.05, 0) is 29.3 Å². The van der Waals surface area contributed by atoms with Crippen LogP contribution in [0.25, 0.3) is 6.08 Å². The molecule has 1 amide bonds. The normalized spacial score (nSPS) is 11.3. The van der Waals surface area contributed by atoms with Crippen molar-refractivity contribution >= 4 is 12.0 Å². The summed E-state index contributed by atoms with van der Waals surface area (Å²) in [5, 5.41) is 8.31. The summed E-state index contributed by atoms with van der Waals surface area (Å²) in [7, 11) is 3.19. The number of aromatic nitrogens is 3. The maximum Gasteiger partial charge on any atom is 0.245 e. The van der Waals surface area contributed by atoms with Gasteiger partial charge in [-0.25, -0.2) is 4.68 Å². The Bertz CT molecular complexity index is 980. The van der Waals surface area contributed by atoms with Crippen LogP contribution in [0.3, 0.4) is 0 Å². The fourth-order valence-electron chi connectivity index (χ4n) is 2.82. The fourth-order valence-corrected chi connectivity index (χ4v) is 2.82. The highest BCUT2D eigenvalue weighted by atomic mass is 16.5. The second kappa shape index (κ2) is 8.85. The van der Waals surface area contributed by atoms with Crippen LogP contribution in [0.5, 0.6) is 11.5 Å². The van der Waals surface area contributed by atoms with Crippen molar-refractivity contribution in [1.82, 2.24) is 15.0 Å². The van der Waals surface area contributed by atoms with Crippen LogP contribution in [0.15, 0.2) is 60.3 Å². The second-order valence-corrected chi connectivity index (χ2v) is 6.22. The minimum absolute atomic E-state index is 0.316. The zero-order valence-electron chi connectivity index (χ0n) is 15.8. The van der Waals surface area contributed by atoms with Gasteiger partial charge in [0, 0.05) is 18.2 Å². The van der Waals surface area contributed by atoms with Crippen molar-refractivity contribution in [3.8, 4) is 11.5 Å². The number of benzene rings is 2. The number of primary amides is 1. The Kier molecular flexibility index (Phi) is 6.06. The molecule has 1 aromatic heterocycles. The third kappa shape index (κ3) is 4.76. The first-order chi connectivity index (χ1) is 13.6. The van der Waals surface area contributed by atoms with Crippen LogP contribution < -0.4 is 15.2 Å². The standard InChI is InChI=1S/C21H22N4O3/c1-27-19-9-8-16(11-20(19)28-2)13-25-14-18(23-24-25)12-17(21(22)26)10-15-6-4-3-5-7-15/h3-11,14H,12-13H2,1-2H3,(H2,22,26). The number of rotatable bonds is 8. The first kappa shape index (κ1) is 19.2. The van der Waals surface area contributed by atoms with Crippen molar-refractivity contribution in [2.24, 2.45) is 5.73 Å². The van der Waals surface area contributed by atoms with E-state index in [1.54, 1.807) is 31.2 Å². The fraction of sp³-hybridized carbons (Fsp3) is 0.190. The Labute approximate surface area is 163 Å². The van der Waals surface area contributed by atoms with Gasteiger partial charge in [0.1, 0.15) is 0 Å². The summed E-state index contributed by atoms with van der Waals surface area (Å²) in [5.41, 5.74) is 8.58. The highest BCUT2D eigenvalue weighted by Crippen LogP contribution is 2.27. The number of ether oxygens (including phenoxy) is 2. The average Bonchev–Trinajstić information content (AvgIpc) is 3.15. The number of hydrogen-bond donors (Lipinski definition) is 1. The van der Waals surface area contributed by atoms with Crippen molar-refractivity contribution in [3.05, 3.63) is 77.1 Å². The molecule has 3 rings (SSSR count). The van der Waals surface area contributed by atoms with Crippen LogP contribution >= 0.6 is 0 Å². The summed E-state index contributed by atoms with van der Waals surface area (Å²) in [5.74, 6) is 0.850. The zero-order chi connectivity index (χ0) is 19.9. The molecule has 0 atom stereocenters. The Hall–Kier alpha value is -3.61. The Morgan fingerprint density at radius 1 is 1.11 bits per heavy atom. The molecule has 0 aliphatic rings. The van der Waals surface area contributed by atoms with Crippen molar-refractivity contribution in [1.29, 1.82) is 0 Å². The van der Waals surface area contributed by atoms with Gasteiger partial charge < -0.3 is 15.2 Å². The van der Waals surface area contributed by atoms with E-state index in [4.69, 9.17) is 15.2 Å². The molecule has 3 aromatic rings. The highest BCUT2D eigenvalue weighted by molar-refractivity contribution is 5.96. The van der Waals surface area contributed by atoms with Gasteiger partial charge in [0.25, 0.3) is 0 Å². The van der Waals surface area contributed by atoms with Gasteiger partial charge in [-0.15, -0.1) is 5.10 Å². The van der Waals surface area contributed by atoms with Gasteiger partial charge >= 0.3 is 0 Å². The number of methoxy groups -OCH3 is 2. The number of nitrogens with two attached hydrogens (primary N) is 1. The zero-order valence-corrected chi connectivity index (χ0v) is 15.8. The van der Waals surface area contributed by atoms with Crippen molar-refractivity contribution in [3.63, 3.8) is 0 Å². The molecule has 2 N–H and O–H groups in total. The summed E-state index contributed by atoms with van der Waals surface area (Å²) in [6.45, 7) is 0.516. The molecule has 7 heteroatoms. The van der Waals surface area contributed by atoms with Gasteiger partial charge in [0.2, 0.25) is 5.91 Å². The van der Waals surface area contributed by atoms with Crippen LogP contribution in [0.2, 0.25) is 0 Å². The maximum atomic E-state index is 11.8. The largest absolute Gasteiger partial charge is 0.493 e. The molecular weight excluding hydrogens is 356 g/mol. The molecule has 0 spiro atoms. The summed E-state index contributed by atoms with van der Waals surface area (Å²) >= 11 is 0. The van der Waals surface area contributed by atoms with Crippen LogP contribution in [0, 0.1) is 0 Å². The van der Waals surface area contributed by atoms with Gasteiger partial charge in [0.05, 0.1) is 26.5 Å². The molecule has 0 unspecified atom stereocenters. The lowest BCUT2D eigenvalue weighted by atomic mass is 10.1. The molecule has 0 saturated carbocycles. The first-order valence-corrected chi connectivity index (χ1v) is 8.74. The minimum Gasteiger partial charge on any atom is -0.493 e. The van der Waals surface area contributed by atoms with Crippen LogP contribution in [0.1, 0.15) is 16.8 Å². The Morgan fingerprint density at radius 3 is 2.54 bits per heavy atom. The second-order valence-electron chi connectivity index (χ2n) is 6.22. The number of carbonyl (C=O) groups excluding carboxylic acids is 1. The van der Waals surface area contributed by atoms with Crippen molar-refractivity contribution in [2.75, 3.05) is 14.2 Å². The van der Waals surface area contributed by atoms with Crippen molar-refractivity contribution in [2.45, 2.75) is 13.0 Å². The van der Waals surface area contributed by atoms with Gasteiger partial charge in [-0.2, -0.15) is 0 Å². The minimum atomic E-state index is -0.474. The maximum absolute atomic E-state index is 11.8. The SMILES string of the molecule is COc1ccc(Cn2cc(CC(=Cc3ccccc3)C(N)=O)nn2)cc1OC. The van der Waals surface area contributed by atoms with Crippen LogP contribution in [-0.4, -0.2) is 35.1 Å². The quantitative estimate of drug-likeness (QED) is 0.608. The van der Waals surface area contributed by atoms with E-state index in [0.717, 1.165) is 11.1 Å². The van der Waals surface area contributed by atoms with Crippen LogP contribution in [-0.2, 0) is 17.8 Å². The number of amides is 1. The van der Waals surface area contributed by atoms with Gasteiger partial charge in [-0.3, -0.25) is 4.79 Å². The van der Waals surface area contributed by atoms with E-state index >= 15 is 0 Å². The lowest BCUT2D eigenvalue weighted by Gasteiger charge is -2.09. The highest BCUT2D eigenvalue weighted by Gasteiger charge is 2.11. The molecule has 28 heavy (non-hydrogen) atoms. The van der Waals surface area contributed by atoms with E-state index in [2.05, 4.69) is 10.3 Å². The van der Waals surface area contributed by atoms with E-state index in [0.29, 0.717) is 35.7 Å². The molecular formula is C21H22N4O3. The smallest absolute Gasteiger partial charge is 0.245 e. The number of nitrogens with zero attached hydrogens (tertiary/aromatic N) is 3. The average molecular weight is 378 g/mol. The summed E-state index contributed by atoms with van der Waals surface area (Å²) in [6.07, 6.45) is 3.89. The Morgan fingerprint density at radius 2 is 1.86 bits per heavy atom. The molecule has 0 aliphatic carbocycles. The third-order valence-corrected chi connectivity index (χ3v) is 4.21. The van der Waals surface area contributed by atoms with E-state index in [9.17, 15) is 4.79 Å². The summed E-state index contributed by atoms with van der Waals surface area (Å²) in [6, 6.07) is 15.2. The van der Waals surface area contributed by atoms with E-state index in [1.807, 2.05) is 48.5 Å². The number of carbonyl (C=O) groups is 1. The molecule has 0 aliphatic heterocycles. The monoisotopic (exact) mass is 378 g/mol. The van der Waals surface area contributed by atoms with Crippen LogP contribution in [0.4, 0.5) is 0 Å². The predicted octanol–water partition coefficient (Wildman–Crippen LogP) is 2.46. The third-order valence-electron chi connectivity index (χ3n) is 4.21. The molecule has 1 heterocycles. The molecule has 0 radical (unpaired) electrons. The predicted molar refractivity (Wildman–Crippen MR) is 106 cm³/mol. The Balaban J connectivity index is 1.74. The topological polar surface area (TPSA) is 92.3 Å². The van der Waals surface area contributed by atoms with E-state index in [1.165, 1.54) is 0 Å². The number of hydrogen-bond acceptors (Lipinski definition) is 5. The molecule has 144 valence electrons. The summed E-state index contributed by atoms with van der Waals surface area (Å²) in [4.78, 5) is 11.8. The van der Waals surface area contributed by atoms with Gasteiger partial charge in [-0.1, -0.05) is 41.6 Å². The molecule has 0 saturated heterocycles. The van der Waals surface area contributed by atoms with Gasteiger partial charge in [0.15, 0.2) is 11.5 Å². The molecule has 7 nitrogen and oxygen atoms in total. The molecule has 0 fully saturated rings. The lowest BCUT2D eigenvalue weighted by Crippen LogP contribution is -2.15. The first-order valence-electron chi connectivity index (χ1n) is 8.74. The molecule has 2 aromatic carbocycles. The van der Waals surface area contributed by atoms with Crippen molar-refractivity contribution < 1.29 is 14.3 Å². The lowest BCUT2D eigenvalue weighted by molar-refractivity contribution is -0.114.